The number of aliphatic hydroxyl groups is 1. The molecule has 6 heteroatoms. The fourth-order valence-electron chi connectivity index (χ4n) is 1.13. The van der Waals surface area contributed by atoms with Gasteiger partial charge in [-0.2, -0.15) is 0 Å². The van der Waals surface area contributed by atoms with Crippen molar-refractivity contribution in [3.63, 3.8) is 0 Å². The Morgan fingerprint density at radius 3 is 2.19 bits per heavy atom. The molecule has 2 atom stereocenters. The van der Waals surface area contributed by atoms with E-state index in [0.29, 0.717) is 0 Å². The summed E-state index contributed by atoms with van der Waals surface area (Å²) >= 11 is 0. The monoisotopic (exact) mass is 233 g/mol. The third-order valence-corrected chi connectivity index (χ3v) is 1.77. The smallest absolute Gasteiger partial charge is 0.323 e. The van der Waals surface area contributed by atoms with Crippen LogP contribution in [0.4, 0.5) is 0 Å². The number of ether oxygens (including phenoxy) is 1. The largest absolute Gasteiger partial charge is 0.481 e. The molecule has 0 saturated carbocycles. The summed E-state index contributed by atoms with van der Waals surface area (Å²) < 4.78 is 4.91. The van der Waals surface area contributed by atoms with Crippen LogP contribution in [-0.2, 0) is 14.3 Å². The molecule has 6 nitrogen and oxygen atoms in total. The van der Waals surface area contributed by atoms with E-state index in [2.05, 4.69) is 0 Å². The maximum atomic E-state index is 11.5. The van der Waals surface area contributed by atoms with Crippen molar-refractivity contribution in [1.29, 1.82) is 0 Å². The minimum atomic E-state index is -1.58. The van der Waals surface area contributed by atoms with E-state index in [4.69, 9.17) is 15.6 Å². The molecule has 0 amide bonds. The van der Waals surface area contributed by atoms with E-state index in [0.717, 1.165) is 0 Å². The van der Waals surface area contributed by atoms with Gasteiger partial charge in [0, 0.05) is 0 Å². The normalized spacial score (nSPS) is 15.3. The van der Waals surface area contributed by atoms with Crippen molar-refractivity contribution in [3.05, 3.63) is 0 Å². The highest BCUT2D eigenvalue weighted by atomic mass is 16.6. The van der Waals surface area contributed by atoms with E-state index in [1.54, 1.807) is 20.8 Å². The van der Waals surface area contributed by atoms with Crippen molar-refractivity contribution < 1.29 is 24.5 Å². The third kappa shape index (κ3) is 5.09. The first-order valence-corrected chi connectivity index (χ1v) is 5.03. The molecule has 0 aliphatic heterocycles. The van der Waals surface area contributed by atoms with Crippen LogP contribution in [0, 0.1) is 5.92 Å². The van der Waals surface area contributed by atoms with Crippen molar-refractivity contribution in [3.8, 4) is 0 Å². The van der Waals surface area contributed by atoms with Crippen LogP contribution in [0.15, 0.2) is 0 Å². The molecule has 0 fully saturated rings. The van der Waals surface area contributed by atoms with Gasteiger partial charge in [0.15, 0.2) is 5.92 Å². The van der Waals surface area contributed by atoms with Crippen molar-refractivity contribution in [2.45, 2.75) is 38.9 Å². The average molecular weight is 233 g/mol. The standard InChI is InChI=1S/C10H19NO5/c1-10(2,3)16-9(15)7(8(13)14)6(12)4-5-11/h6-7,12H,4-5,11H2,1-3H3,(H,13,14). The summed E-state index contributed by atoms with van der Waals surface area (Å²) in [5, 5.41) is 18.3. The summed E-state index contributed by atoms with van der Waals surface area (Å²) in [6.07, 6.45) is -1.28. The number of aliphatic carboxylic acids is 1. The zero-order chi connectivity index (χ0) is 12.9. The van der Waals surface area contributed by atoms with Gasteiger partial charge in [0.2, 0.25) is 0 Å². The Labute approximate surface area is 94.4 Å². The van der Waals surface area contributed by atoms with E-state index in [1.165, 1.54) is 0 Å². The summed E-state index contributed by atoms with van der Waals surface area (Å²) in [5.74, 6) is -3.93. The minimum absolute atomic E-state index is 0.0379. The fraction of sp³-hybridized carbons (Fsp3) is 0.800. The predicted octanol–water partition coefficient (Wildman–Crippen LogP) is -0.261. The molecule has 94 valence electrons. The number of esters is 1. The Morgan fingerprint density at radius 1 is 1.38 bits per heavy atom. The molecule has 0 aromatic carbocycles. The van der Waals surface area contributed by atoms with Crippen LogP contribution in [0.25, 0.3) is 0 Å². The molecule has 4 N–H and O–H groups in total. The lowest BCUT2D eigenvalue weighted by Crippen LogP contribution is -2.40. The van der Waals surface area contributed by atoms with Crippen LogP contribution in [0.3, 0.4) is 0 Å². The molecular formula is C10H19NO5. The first kappa shape index (κ1) is 14.9. The van der Waals surface area contributed by atoms with Crippen LogP contribution in [0.1, 0.15) is 27.2 Å². The molecule has 0 spiro atoms. The molecule has 0 bridgehead atoms. The Bertz CT molecular complexity index is 258. The highest BCUT2D eigenvalue weighted by molar-refractivity contribution is 5.94. The molecule has 0 aliphatic rings. The lowest BCUT2D eigenvalue weighted by Gasteiger charge is -2.24. The number of hydrogen-bond acceptors (Lipinski definition) is 5. The predicted molar refractivity (Wildman–Crippen MR) is 56.6 cm³/mol. The second-order valence-electron chi connectivity index (χ2n) is 4.49. The van der Waals surface area contributed by atoms with Crippen LogP contribution in [0.5, 0.6) is 0 Å². The lowest BCUT2D eigenvalue weighted by atomic mass is 9.99. The summed E-state index contributed by atoms with van der Waals surface area (Å²) in [4.78, 5) is 22.4. The number of carboxylic acid groups (broad SMARTS) is 1. The first-order chi connectivity index (χ1) is 7.19. The van der Waals surface area contributed by atoms with Gasteiger partial charge >= 0.3 is 11.9 Å². The van der Waals surface area contributed by atoms with Crippen molar-refractivity contribution in [1.82, 2.24) is 0 Å². The zero-order valence-corrected chi connectivity index (χ0v) is 9.77. The van der Waals surface area contributed by atoms with Crippen molar-refractivity contribution >= 4 is 11.9 Å². The second kappa shape index (κ2) is 5.81. The number of hydrogen-bond donors (Lipinski definition) is 3. The fourth-order valence-corrected chi connectivity index (χ4v) is 1.13. The molecular weight excluding hydrogens is 214 g/mol. The molecule has 0 heterocycles. The number of aliphatic hydroxyl groups excluding tert-OH is 1. The Morgan fingerprint density at radius 2 is 1.88 bits per heavy atom. The summed E-state index contributed by atoms with van der Waals surface area (Å²) in [6, 6.07) is 0. The minimum Gasteiger partial charge on any atom is -0.481 e. The molecule has 0 aromatic rings. The summed E-state index contributed by atoms with van der Waals surface area (Å²) in [7, 11) is 0. The summed E-state index contributed by atoms with van der Waals surface area (Å²) in [5.41, 5.74) is 4.41. The van der Waals surface area contributed by atoms with E-state index < -0.39 is 29.6 Å². The van der Waals surface area contributed by atoms with E-state index >= 15 is 0 Å². The molecule has 2 unspecified atom stereocenters. The van der Waals surface area contributed by atoms with E-state index in [1.807, 2.05) is 0 Å². The van der Waals surface area contributed by atoms with Crippen LogP contribution < -0.4 is 5.73 Å². The lowest BCUT2D eigenvalue weighted by molar-refractivity contribution is -0.171. The third-order valence-electron chi connectivity index (χ3n) is 1.77. The number of carboxylic acids is 1. The highest BCUT2D eigenvalue weighted by Crippen LogP contribution is 2.15. The maximum Gasteiger partial charge on any atom is 0.323 e. The molecule has 0 aromatic heterocycles. The number of nitrogens with two attached hydrogens (primary N) is 1. The van der Waals surface area contributed by atoms with Gasteiger partial charge in [-0.1, -0.05) is 0 Å². The van der Waals surface area contributed by atoms with Gasteiger partial charge in [0.25, 0.3) is 0 Å². The van der Waals surface area contributed by atoms with E-state index in [9.17, 15) is 14.7 Å². The molecule has 0 aliphatic carbocycles. The Hall–Kier alpha value is -1.14. The van der Waals surface area contributed by atoms with Crippen LogP contribution in [-0.4, -0.2) is 40.4 Å². The first-order valence-electron chi connectivity index (χ1n) is 5.03. The topological polar surface area (TPSA) is 110 Å². The maximum absolute atomic E-state index is 11.5. The highest BCUT2D eigenvalue weighted by Gasteiger charge is 2.36. The molecule has 0 rings (SSSR count). The van der Waals surface area contributed by atoms with Crippen LogP contribution >= 0.6 is 0 Å². The Balaban J connectivity index is 4.66. The summed E-state index contributed by atoms with van der Waals surface area (Å²) in [6.45, 7) is 4.98. The average Bonchev–Trinajstić information content (AvgIpc) is 1.99. The van der Waals surface area contributed by atoms with Crippen molar-refractivity contribution in [2.24, 2.45) is 11.7 Å². The number of carbonyl (C=O) groups is 2. The number of rotatable bonds is 5. The molecule has 0 saturated heterocycles. The van der Waals surface area contributed by atoms with Gasteiger partial charge in [-0.15, -0.1) is 0 Å². The van der Waals surface area contributed by atoms with Crippen molar-refractivity contribution in [2.75, 3.05) is 6.54 Å². The van der Waals surface area contributed by atoms with Crippen LogP contribution in [0.2, 0.25) is 0 Å². The Kier molecular flexibility index (Phi) is 5.40. The molecule has 16 heavy (non-hydrogen) atoms. The number of carbonyl (C=O) groups excluding carboxylic acids is 1. The van der Waals surface area contributed by atoms with Gasteiger partial charge < -0.3 is 20.7 Å². The van der Waals surface area contributed by atoms with Gasteiger partial charge in [-0.25, -0.2) is 0 Å². The van der Waals surface area contributed by atoms with Gasteiger partial charge in [0.1, 0.15) is 5.60 Å². The van der Waals surface area contributed by atoms with Gasteiger partial charge in [-0.3, -0.25) is 9.59 Å². The zero-order valence-electron chi connectivity index (χ0n) is 9.77. The molecule has 0 radical (unpaired) electrons. The van der Waals surface area contributed by atoms with Gasteiger partial charge in [0.05, 0.1) is 6.10 Å². The SMILES string of the molecule is CC(C)(C)OC(=O)C(C(=O)O)C(O)CCN. The second-order valence-corrected chi connectivity index (χ2v) is 4.49. The van der Waals surface area contributed by atoms with Gasteiger partial charge in [-0.05, 0) is 33.7 Å². The van der Waals surface area contributed by atoms with E-state index in [-0.39, 0.29) is 13.0 Å². The quantitative estimate of drug-likeness (QED) is 0.445.